The summed E-state index contributed by atoms with van der Waals surface area (Å²) in [4.78, 5) is 55.1. The molecular weight excluding hydrogens is 502 g/mol. The molecule has 0 bridgehead atoms. The minimum atomic E-state index is -0.629. The Bertz CT molecular complexity index is 1640. The zero-order chi connectivity index (χ0) is 26.8. The molecule has 38 heavy (non-hydrogen) atoms. The van der Waals surface area contributed by atoms with Gasteiger partial charge in [0.1, 0.15) is 11.7 Å². The van der Waals surface area contributed by atoms with Crippen LogP contribution in [0.25, 0.3) is 0 Å². The molecule has 1 unspecified atom stereocenters. The number of phenolic OH excluding ortho intramolecular Hbond substituents is 1. The first-order valence-corrected chi connectivity index (χ1v) is 12.4. The summed E-state index contributed by atoms with van der Waals surface area (Å²) in [5, 5.41) is 15.2. The number of Topliss-reactive ketones (excluding diaryl/α,β-unsaturated/α-hetero) is 1. The van der Waals surface area contributed by atoms with Crippen molar-refractivity contribution in [3.63, 3.8) is 0 Å². The predicted molar refractivity (Wildman–Crippen MR) is 146 cm³/mol. The van der Waals surface area contributed by atoms with Crippen molar-refractivity contribution in [1.29, 1.82) is 0 Å². The van der Waals surface area contributed by atoms with Gasteiger partial charge in [-0.1, -0.05) is 30.3 Å². The number of rotatable bonds is 7. The number of anilines is 2. The average molecular weight is 524 g/mol. The van der Waals surface area contributed by atoms with Gasteiger partial charge in [0.25, 0.3) is 5.91 Å². The van der Waals surface area contributed by atoms with Crippen LogP contribution in [0.1, 0.15) is 53.7 Å². The Hall–Kier alpha value is -4.89. The summed E-state index contributed by atoms with van der Waals surface area (Å²) >= 11 is 1.11. The Morgan fingerprint density at radius 1 is 0.947 bits per heavy atom. The Kier molecular flexibility index (Phi) is 6.68. The van der Waals surface area contributed by atoms with Gasteiger partial charge in [-0.15, -0.1) is 11.3 Å². The number of aromatic hydroxyl groups is 1. The first-order valence-electron chi connectivity index (χ1n) is 11.6. The van der Waals surface area contributed by atoms with E-state index >= 15 is 0 Å². The number of aliphatic imine (C=N–C) groups is 1. The van der Waals surface area contributed by atoms with Gasteiger partial charge in [0.2, 0.25) is 5.91 Å². The van der Waals surface area contributed by atoms with Gasteiger partial charge >= 0.3 is 0 Å². The van der Waals surface area contributed by atoms with Crippen LogP contribution in [0, 0.1) is 0 Å². The maximum absolute atomic E-state index is 13.2. The second-order valence-corrected chi connectivity index (χ2v) is 9.73. The number of carbonyl (C=O) groups is 4. The van der Waals surface area contributed by atoms with Gasteiger partial charge < -0.3 is 15.7 Å². The lowest BCUT2D eigenvalue weighted by Crippen LogP contribution is -2.12. The number of hydrogen-bond donors (Lipinski definition) is 3. The van der Waals surface area contributed by atoms with Crippen molar-refractivity contribution in [3.8, 4) is 5.75 Å². The van der Waals surface area contributed by atoms with Crippen LogP contribution in [0.5, 0.6) is 5.75 Å². The highest BCUT2D eigenvalue weighted by Gasteiger charge is 2.30. The number of amides is 2. The smallest absolute Gasteiger partial charge is 0.265 e. The topological polar surface area (TPSA) is 125 Å². The van der Waals surface area contributed by atoms with Gasteiger partial charge in [0, 0.05) is 34.8 Å². The summed E-state index contributed by atoms with van der Waals surface area (Å²) < 4.78 is 0. The molecule has 1 aliphatic heterocycles. The molecular formula is C29H21N3O5S. The number of fused-ring (bicyclic) bond motifs is 1. The highest BCUT2D eigenvalue weighted by atomic mass is 32.1. The second-order valence-electron chi connectivity index (χ2n) is 8.65. The number of hydrogen-bond acceptors (Lipinski definition) is 7. The lowest BCUT2D eigenvalue weighted by atomic mass is 9.97. The van der Waals surface area contributed by atoms with Crippen molar-refractivity contribution in [2.24, 2.45) is 4.99 Å². The van der Waals surface area contributed by atoms with Crippen molar-refractivity contribution in [1.82, 2.24) is 0 Å². The molecule has 3 N–H and O–H groups in total. The van der Waals surface area contributed by atoms with E-state index in [1.807, 2.05) is 0 Å². The molecule has 0 radical (unpaired) electrons. The van der Waals surface area contributed by atoms with Gasteiger partial charge in [-0.25, -0.2) is 0 Å². The molecule has 1 atom stereocenters. The number of phenols is 1. The van der Waals surface area contributed by atoms with E-state index in [0.29, 0.717) is 43.5 Å². The van der Waals surface area contributed by atoms with E-state index in [1.54, 1.807) is 66.7 Å². The first-order chi connectivity index (χ1) is 18.3. The number of nitrogens with zero attached hydrogens (tertiary/aromatic N) is 1. The van der Waals surface area contributed by atoms with Crippen LogP contribution in [-0.2, 0) is 4.79 Å². The van der Waals surface area contributed by atoms with Crippen molar-refractivity contribution >= 4 is 58.0 Å². The lowest BCUT2D eigenvalue weighted by Gasteiger charge is -2.08. The number of ketones is 2. The third-order valence-corrected chi connectivity index (χ3v) is 7.14. The van der Waals surface area contributed by atoms with Crippen LogP contribution in [0.3, 0.4) is 0 Å². The Labute approximate surface area is 221 Å². The maximum Gasteiger partial charge on any atom is 0.265 e. The van der Waals surface area contributed by atoms with E-state index in [2.05, 4.69) is 15.6 Å². The van der Waals surface area contributed by atoms with Gasteiger partial charge in [-0.05, 0) is 55.0 Å². The molecule has 5 rings (SSSR count). The number of thiophene rings is 1. The Morgan fingerprint density at radius 2 is 1.71 bits per heavy atom. The number of benzene rings is 3. The third-order valence-electron chi connectivity index (χ3n) is 5.95. The van der Waals surface area contributed by atoms with Crippen molar-refractivity contribution in [2.75, 3.05) is 10.6 Å². The fourth-order valence-corrected chi connectivity index (χ4v) is 4.85. The summed E-state index contributed by atoms with van der Waals surface area (Å²) in [6.45, 7) is 1.44. The molecule has 2 heterocycles. The van der Waals surface area contributed by atoms with Crippen LogP contribution in [0.4, 0.5) is 17.1 Å². The molecule has 0 saturated carbocycles. The highest BCUT2D eigenvalue weighted by molar-refractivity contribution is 7.16. The van der Waals surface area contributed by atoms with Crippen molar-refractivity contribution < 1.29 is 24.3 Å². The minimum absolute atomic E-state index is 0.0800. The summed E-state index contributed by atoms with van der Waals surface area (Å²) in [5.41, 5.74) is 2.92. The van der Waals surface area contributed by atoms with E-state index in [0.717, 1.165) is 11.3 Å². The van der Waals surface area contributed by atoms with Crippen LogP contribution in [-0.4, -0.2) is 34.7 Å². The number of nitrogens with one attached hydrogen (secondary N) is 2. The van der Waals surface area contributed by atoms with Gasteiger partial charge in [0.15, 0.2) is 11.6 Å². The molecule has 9 heteroatoms. The lowest BCUT2D eigenvalue weighted by molar-refractivity contribution is -0.115. The molecule has 0 fully saturated rings. The molecule has 2 amide bonds. The SMILES string of the molecule is CC(=O)c1ccc(C(=O)Nc2cccc(C(=O)c3ccc4c(c3)NC(=O)C4C=Nc3cccc(O)c3)c2)s1. The molecule has 3 aromatic carbocycles. The average Bonchev–Trinajstić information content (AvgIpc) is 3.52. The molecule has 4 aromatic rings. The fourth-order valence-electron chi connectivity index (χ4n) is 4.06. The minimum Gasteiger partial charge on any atom is -0.508 e. The van der Waals surface area contributed by atoms with Crippen molar-refractivity contribution in [2.45, 2.75) is 12.8 Å². The molecule has 0 aliphatic carbocycles. The van der Waals surface area contributed by atoms with Crippen LogP contribution < -0.4 is 10.6 Å². The largest absolute Gasteiger partial charge is 0.508 e. The van der Waals surface area contributed by atoms with Gasteiger partial charge in [-0.3, -0.25) is 24.2 Å². The van der Waals surface area contributed by atoms with Gasteiger partial charge in [0.05, 0.1) is 15.4 Å². The normalized spacial score (nSPS) is 14.2. The maximum atomic E-state index is 13.2. The summed E-state index contributed by atoms with van der Waals surface area (Å²) in [7, 11) is 0. The molecule has 0 spiro atoms. The van der Waals surface area contributed by atoms with Crippen molar-refractivity contribution in [3.05, 3.63) is 105 Å². The highest BCUT2D eigenvalue weighted by Crippen LogP contribution is 2.33. The van der Waals surface area contributed by atoms with E-state index < -0.39 is 5.92 Å². The molecule has 0 saturated heterocycles. The van der Waals surface area contributed by atoms with Crippen LogP contribution in [0.2, 0.25) is 0 Å². The van der Waals surface area contributed by atoms with E-state index in [-0.39, 0.29) is 29.1 Å². The molecule has 1 aliphatic rings. The predicted octanol–water partition coefficient (Wildman–Crippen LogP) is 5.58. The van der Waals surface area contributed by atoms with E-state index in [1.165, 1.54) is 25.3 Å². The third kappa shape index (κ3) is 5.14. The quantitative estimate of drug-likeness (QED) is 0.216. The zero-order valence-corrected chi connectivity index (χ0v) is 20.9. The van der Waals surface area contributed by atoms with E-state index in [4.69, 9.17) is 0 Å². The van der Waals surface area contributed by atoms with E-state index in [9.17, 15) is 24.3 Å². The van der Waals surface area contributed by atoms with Crippen LogP contribution in [0.15, 0.2) is 83.9 Å². The fraction of sp³-hybridized carbons (Fsp3) is 0.0690. The Morgan fingerprint density at radius 3 is 2.47 bits per heavy atom. The molecule has 188 valence electrons. The summed E-state index contributed by atoms with van der Waals surface area (Å²) in [6, 6.07) is 21.2. The zero-order valence-electron chi connectivity index (χ0n) is 20.1. The summed E-state index contributed by atoms with van der Waals surface area (Å²) in [6.07, 6.45) is 1.51. The standard InChI is InChI=1S/C29H21N3O5S/c1-16(33)25-10-11-26(38-25)29(37)31-20-6-2-4-17(12-20)27(35)18-8-9-22-23(28(36)32-24(22)13-18)15-30-19-5-3-7-21(34)14-19/h2-15,23,34H,1H3,(H,31,37)(H,32,36). The number of carbonyl (C=O) groups excluding carboxylic acids is 4. The second kappa shape index (κ2) is 10.2. The Balaban J connectivity index is 1.33. The molecule has 1 aromatic heterocycles. The monoisotopic (exact) mass is 523 g/mol. The summed E-state index contributed by atoms with van der Waals surface area (Å²) in [5.74, 6) is -1.56. The van der Waals surface area contributed by atoms with Gasteiger partial charge in [-0.2, -0.15) is 0 Å². The molecule has 8 nitrogen and oxygen atoms in total. The van der Waals surface area contributed by atoms with Crippen LogP contribution >= 0.6 is 11.3 Å². The first kappa shape index (κ1) is 24.8.